The van der Waals surface area contributed by atoms with Crippen molar-refractivity contribution >= 4 is 28.6 Å². The van der Waals surface area contributed by atoms with E-state index < -0.39 is 11.2 Å². The summed E-state index contributed by atoms with van der Waals surface area (Å²) >= 11 is 1.23. The number of aryl methyl sites for hydroxylation is 1. The van der Waals surface area contributed by atoms with Crippen molar-refractivity contribution in [2.24, 2.45) is 10.7 Å². The van der Waals surface area contributed by atoms with Gasteiger partial charge in [0.25, 0.3) is 0 Å². The summed E-state index contributed by atoms with van der Waals surface area (Å²) in [5.74, 6) is -1.03. The van der Waals surface area contributed by atoms with Gasteiger partial charge in [-0.2, -0.15) is 5.26 Å². The maximum absolute atomic E-state index is 12.0. The predicted octanol–water partition coefficient (Wildman–Crippen LogP) is 3.47. The third kappa shape index (κ3) is 3.42. The van der Waals surface area contributed by atoms with Crippen LogP contribution in [0, 0.1) is 18.3 Å². The molecule has 0 fully saturated rings. The Morgan fingerprint density at radius 3 is 2.60 bits per heavy atom. The highest BCUT2D eigenvalue weighted by molar-refractivity contribution is 8.14. The van der Waals surface area contributed by atoms with Crippen molar-refractivity contribution in [3.05, 3.63) is 76.4 Å². The van der Waals surface area contributed by atoms with Crippen molar-refractivity contribution in [3.63, 3.8) is 0 Å². The number of hydrogen-bond donors (Lipinski definition) is 2. The number of nitrogens with two attached hydrogens (primary N) is 1. The summed E-state index contributed by atoms with van der Waals surface area (Å²) in [6, 6.07) is 16.4. The Morgan fingerprint density at radius 2 is 2.00 bits per heavy atom. The van der Waals surface area contributed by atoms with Crippen molar-refractivity contribution < 1.29 is 9.90 Å². The minimum Gasteiger partial charge on any atom is -0.478 e. The standard InChI is InChI=1S/C19H15N3O2S/c1-11-3-2-4-14(9-11)17-15(18(23)24)16(22-19(21)25-17)13-7-5-12(10-20)6-8-13/h2-9,17H,1H3,(H2,21,22)(H,23,24). The highest BCUT2D eigenvalue weighted by atomic mass is 32.2. The summed E-state index contributed by atoms with van der Waals surface area (Å²) in [5.41, 5.74) is 9.54. The zero-order valence-electron chi connectivity index (χ0n) is 13.4. The van der Waals surface area contributed by atoms with Crippen molar-refractivity contribution in [3.8, 4) is 6.07 Å². The number of aliphatic imine (C=N–C) groups is 1. The van der Waals surface area contributed by atoms with Gasteiger partial charge in [0.15, 0.2) is 5.17 Å². The number of benzene rings is 2. The van der Waals surface area contributed by atoms with E-state index in [0.29, 0.717) is 22.0 Å². The average molecular weight is 349 g/mol. The Labute approximate surface area is 149 Å². The van der Waals surface area contributed by atoms with Crippen LogP contribution in [0.5, 0.6) is 0 Å². The summed E-state index contributed by atoms with van der Waals surface area (Å²) in [6.45, 7) is 1.96. The van der Waals surface area contributed by atoms with Gasteiger partial charge in [-0.3, -0.25) is 0 Å². The molecule has 0 aliphatic carbocycles. The van der Waals surface area contributed by atoms with Crippen LogP contribution in [0.4, 0.5) is 0 Å². The zero-order valence-corrected chi connectivity index (χ0v) is 14.2. The molecule has 1 atom stereocenters. The second-order valence-corrected chi connectivity index (χ2v) is 6.74. The van der Waals surface area contributed by atoms with E-state index >= 15 is 0 Å². The van der Waals surface area contributed by atoms with Crippen LogP contribution < -0.4 is 5.73 Å². The van der Waals surface area contributed by atoms with E-state index in [9.17, 15) is 9.90 Å². The number of rotatable bonds is 3. The predicted molar refractivity (Wildman–Crippen MR) is 98.8 cm³/mol. The van der Waals surface area contributed by atoms with E-state index in [1.54, 1.807) is 24.3 Å². The Balaban J connectivity index is 2.18. The fourth-order valence-electron chi connectivity index (χ4n) is 2.70. The first kappa shape index (κ1) is 16.8. The molecule has 1 aliphatic heterocycles. The van der Waals surface area contributed by atoms with E-state index in [0.717, 1.165) is 11.1 Å². The van der Waals surface area contributed by atoms with Gasteiger partial charge < -0.3 is 10.8 Å². The molecule has 1 unspecified atom stereocenters. The quantitative estimate of drug-likeness (QED) is 0.884. The summed E-state index contributed by atoms with van der Waals surface area (Å²) < 4.78 is 0. The first-order chi connectivity index (χ1) is 12.0. The summed E-state index contributed by atoms with van der Waals surface area (Å²) in [6.07, 6.45) is 0. The first-order valence-electron chi connectivity index (χ1n) is 7.55. The molecule has 2 aromatic carbocycles. The van der Waals surface area contributed by atoms with Crippen LogP contribution in [0.25, 0.3) is 5.70 Å². The molecular weight excluding hydrogens is 334 g/mol. The topological polar surface area (TPSA) is 99.5 Å². The first-order valence-corrected chi connectivity index (χ1v) is 8.43. The van der Waals surface area contributed by atoms with Crippen molar-refractivity contribution in [2.75, 3.05) is 0 Å². The number of nitrogens with zero attached hydrogens (tertiary/aromatic N) is 2. The lowest BCUT2D eigenvalue weighted by atomic mass is 9.97. The summed E-state index contributed by atoms with van der Waals surface area (Å²) in [4.78, 5) is 16.3. The third-order valence-electron chi connectivity index (χ3n) is 3.84. The number of carboxylic acids is 1. The highest BCUT2D eigenvalue weighted by Gasteiger charge is 2.32. The molecule has 1 aliphatic rings. The van der Waals surface area contributed by atoms with Gasteiger partial charge in [0, 0.05) is 5.56 Å². The lowest BCUT2D eigenvalue weighted by Gasteiger charge is -2.24. The molecule has 2 aromatic rings. The van der Waals surface area contributed by atoms with Gasteiger partial charge in [0.1, 0.15) is 0 Å². The Kier molecular flexibility index (Phi) is 4.59. The number of carboxylic acid groups (broad SMARTS) is 1. The molecule has 3 N–H and O–H groups in total. The Morgan fingerprint density at radius 1 is 1.28 bits per heavy atom. The van der Waals surface area contributed by atoms with E-state index in [-0.39, 0.29) is 5.57 Å². The van der Waals surface area contributed by atoms with E-state index in [1.165, 1.54) is 11.8 Å². The molecule has 0 amide bonds. The van der Waals surface area contributed by atoms with Crippen LogP contribution in [0.1, 0.15) is 27.5 Å². The zero-order chi connectivity index (χ0) is 18.0. The summed E-state index contributed by atoms with van der Waals surface area (Å²) in [5, 5.41) is 18.6. The highest BCUT2D eigenvalue weighted by Crippen LogP contribution is 2.43. The molecule has 0 saturated heterocycles. The van der Waals surface area contributed by atoms with Crippen LogP contribution in [0.2, 0.25) is 0 Å². The molecule has 124 valence electrons. The van der Waals surface area contributed by atoms with Crippen molar-refractivity contribution in [1.82, 2.24) is 0 Å². The molecule has 0 radical (unpaired) electrons. The smallest absolute Gasteiger partial charge is 0.335 e. The van der Waals surface area contributed by atoms with Crippen LogP contribution in [-0.4, -0.2) is 16.2 Å². The molecular formula is C19H15N3O2S. The van der Waals surface area contributed by atoms with Crippen LogP contribution in [0.3, 0.4) is 0 Å². The molecule has 0 aromatic heterocycles. The minimum atomic E-state index is -1.03. The van der Waals surface area contributed by atoms with Gasteiger partial charge in [0.05, 0.1) is 28.2 Å². The molecule has 6 heteroatoms. The van der Waals surface area contributed by atoms with Gasteiger partial charge in [0.2, 0.25) is 0 Å². The van der Waals surface area contributed by atoms with E-state index in [4.69, 9.17) is 11.0 Å². The molecule has 0 spiro atoms. The Hall–Kier alpha value is -3.04. The van der Waals surface area contributed by atoms with Crippen LogP contribution in [-0.2, 0) is 4.79 Å². The number of carbonyl (C=O) groups is 1. The van der Waals surface area contributed by atoms with Crippen molar-refractivity contribution in [1.29, 1.82) is 5.26 Å². The second-order valence-electron chi connectivity index (χ2n) is 5.62. The molecule has 0 bridgehead atoms. The van der Waals surface area contributed by atoms with Crippen molar-refractivity contribution in [2.45, 2.75) is 12.2 Å². The molecule has 3 rings (SSSR count). The SMILES string of the molecule is Cc1cccc(C2SC(N)=NC(c3ccc(C#N)cc3)=C2C(=O)O)c1. The summed E-state index contributed by atoms with van der Waals surface area (Å²) in [7, 11) is 0. The van der Waals surface area contributed by atoms with Crippen LogP contribution in [0.15, 0.2) is 59.1 Å². The molecule has 25 heavy (non-hydrogen) atoms. The lowest BCUT2D eigenvalue weighted by molar-refractivity contribution is -0.132. The fourth-order valence-corrected chi connectivity index (χ4v) is 3.70. The number of hydrogen-bond acceptors (Lipinski definition) is 5. The lowest BCUT2D eigenvalue weighted by Crippen LogP contribution is -2.20. The average Bonchev–Trinajstić information content (AvgIpc) is 2.60. The van der Waals surface area contributed by atoms with E-state index in [2.05, 4.69) is 4.99 Å². The second kappa shape index (κ2) is 6.83. The molecule has 1 heterocycles. The number of amidine groups is 1. The van der Waals surface area contributed by atoms with E-state index in [1.807, 2.05) is 37.3 Å². The molecule has 0 saturated carbocycles. The third-order valence-corrected chi connectivity index (χ3v) is 4.92. The Bertz CT molecular complexity index is 940. The van der Waals surface area contributed by atoms with Gasteiger partial charge in [-0.05, 0) is 24.6 Å². The van der Waals surface area contributed by atoms with Gasteiger partial charge >= 0.3 is 5.97 Å². The minimum absolute atomic E-state index is 0.189. The fraction of sp³-hybridized carbons (Fsp3) is 0.105. The van der Waals surface area contributed by atoms with Gasteiger partial charge in [-0.15, -0.1) is 0 Å². The van der Waals surface area contributed by atoms with Crippen LogP contribution >= 0.6 is 11.8 Å². The van der Waals surface area contributed by atoms with Gasteiger partial charge in [-0.1, -0.05) is 53.7 Å². The number of aliphatic carboxylic acids is 1. The monoisotopic (exact) mass is 349 g/mol. The number of nitriles is 1. The maximum atomic E-state index is 12.0. The normalized spacial score (nSPS) is 17.0. The molecule has 5 nitrogen and oxygen atoms in total. The van der Waals surface area contributed by atoms with Gasteiger partial charge in [-0.25, -0.2) is 9.79 Å². The number of thioether (sulfide) groups is 1. The maximum Gasteiger partial charge on any atom is 0.335 e. The largest absolute Gasteiger partial charge is 0.478 e.